The number of aryl methyl sites for hydroxylation is 1. The number of fused-ring (bicyclic) bond motifs is 1. The zero-order valence-corrected chi connectivity index (χ0v) is 17.1. The number of aromatic nitrogens is 4. The lowest BCUT2D eigenvalue weighted by Gasteiger charge is -2.36. The van der Waals surface area contributed by atoms with Crippen molar-refractivity contribution in [3.8, 4) is 11.5 Å². The van der Waals surface area contributed by atoms with Crippen LogP contribution in [0.15, 0.2) is 36.8 Å². The van der Waals surface area contributed by atoms with Crippen LogP contribution in [0.25, 0.3) is 17.0 Å². The molecule has 0 spiro atoms. The number of hydrogen-bond donors (Lipinski definition) is 2. The summed E-state index contributed by atoms with van der Waals surface area (Å²) in [5.74, 6) is 1.49. The van der Waals surface area contributed by atoms with E-state index in [4.69, 9.17) is 0 Å². The summed E-state index contributed by atoms with van der Waals surface area (Å²) < 4.78 is 1.99. The minimum absolute atomic E-state index is 0.125. The number of imidazole rings is 1. The van der Waals surface area contributed by atoms with Crippen molar-refractivity contribution in [2.75, 3.05) is 0 Å². The van der Waals surface area contributed by atoms with E-state index in [1.54, 1.807) is 12.4 Å². The molecular formula is C22H27N5O2. The van der Waals surface area contributed by atoms with Crippen molar-refractivity contribution in [3.63, 3.8) is 0 Å². The number of rotatable bonds is 4. The molecule has 152 valence electrons. The Labute approximate surface area is 170 Å². The number of pyridine rings is 1. The molecule has 4 rings (SSSR count). The number of carbonyl (C=O) groups is 1. The fourth-order valence-corrected chi connectivity index (χ4v) is 4.14. The first-order valence-electron chi connectivity index (χ1n) is 10.1. The van der Waals surface area contributed by atoms with Gasteiger partial charge in [-0.3, -0.25) is 4.79 Å². The monoisotopic (exact) mass is 393 g/mol. The number of aliphatic hydroxyl groups is 1. The van der Waals surface area contributed by atoms with Crippen LogP contribution in [0.1, 0.15) is 55.7 Å². The van der Waals surface area contributed by atoms with E-state index in [2.05, 4.69) is 20.3 Å². The maximum atomic E-state index is 12.6. The average molecular weight is 393 g/mol. The quantitative estimate of drug-likeness (QED) is 0.710. The van der Waals surface area contributed by atoms with Crippen LogP contribution < -0.4 is 5.32 Å². The van der Waals surface area contributed by atoms with Gasteiger partial charge < -0.3 is 14.8 Å². The van der Waals surface area contributed by atoms with Crippen LogP contribution in [0.2, 0.25) is 0 Å². The van der Waals surface area contributed by atoms with Crippen LogP contribution in [0.5, 0.6) is 0 Å². The van der Waals surface area contributed by atoms with Gasteiger partial charge in [0, 0.05) is 24.6 Å². The largest absolute Gasteiger partial charge is 0.390 e. The van der Waals surface area contributed by atoms with Gasteiger partial charge in [-0.15, -0.1) is 0 Å². The Morgan fingerprint density at radius 3 is 2.52 bits per heavy atom. The van der Waals surface area contributed by atoms with Gasteiger partial charge in [-0.25, -0.2) is 15.0 Å². The van der Waals surface area contributed by atoms with Gasteiger partial charge in [0.2, 0.25) is 0 Å². The molecule has 1 aliphatic rings. The molecule has 7 heteroatoms. The van der Waals surface area contributed by atoms with Crippen LogP contribution in [0.3, 0.4) is 0 Å². The third kappa shape index (κ3) is 4.00. The summed E-state index contributed by atoms with van der Waals surface area (Å²) in [6.45, 7) is 5.66. The van der Waals surface area contributed by atoms with Crippen LogP contribution in [0.4, 0.5) is 0 Å². The highest BCUT2D eigenvalue weighted by atomic mass is 16.3. The molecule has 3 aromatic rings. The predicted octanol–water partition coefficient (Wildman–Crippen LogP) is 3.16. The molecular weight excluding hydrogens is 366 g/mol. The first-order chi connectivity index (χ1) is 13.8. The second kappa shape index (κ2) is 7.55. The van der Waals surface area contributed by atoms with Gasteiger partial charge in [0.05, 0.1) is 16.7 Å². The minimum atomic E-state index is -0.658. The molecule has 3 heterocycles. The van der Waals surface area contributed by atoms with Crippen molar-refractivity contribution in [1.29, 1.82) is 0 Å². The van der Waals surface area contributed by atoms with Crippen LogP contribution in [0, 0.1) is 12.8 Å². The molecule has 0 aliphatic heterocycles. The zero-order chi connectivity index (χ0) is 20.6. The number of amides is 1. The summed E-state index contributed by atoms with van der Waals surface area (Å²) in [4.78, 5) is 25.9. The Hall–Kier alpha value is -2.80. The molecule has 1 amide bonds. The van der Waals surface area contributed by atoms with E-state index in [-0.39, 0.29) is 17.9 Å². The van der Waals surface area contributed by atoms with Crippen molar-refractivity contribution in [2.24, 2.45) is 5.92 Å². The summed E-state index contributed by atoms with van der Waals surface area (Å²) in [7, 11) is 0. The summed E-state index contributed by atoms with van der Waals surface area (Å²) in [5, 5.41) is 13.2. The van der Waals surface area contributed by atoms with Crippen LogP contribution >= 0.6 is 0 Å². The highest BCUT2D eigenvalue weighted by molar-refractivity contribution is 5.94. The van der Waals surface area contributed by atoms with E-state index in [0.717, 1.165) is 37.0 Å². The predicted molar refractivity (Wildman–Crippen MR) is 110 cm³/mol. The van der Waals surface area contributed by atoms with Gasteiger partial charge in [-0.05, 0) is 64.5 Å². The molecule has 0 atom stereocenters. The van der Waals surface area contributed by atoms with E-state index in [1.165, 1.54) is 0 Å². The Balaban J connectivity index is 1.44. The molecule has 0 saturated heterocycles. The lowest BCUT2D eigenvalue weighted by molar-refractivity contribution is -0.00257. The number of nitrogens with one attached hydrogen (secondary N) is 1. The maximum absolute atomic E-state index is 12.6. The Morgan fingerprint density at radius 2 is 1.86 bits per heavy atom. The number of carbonyl (C=O) groups excluding carboxylic acids is 1. The molecule has 0 unspecified atom stereocenters. The fraction of sp³-hybridized carbons (Fsp3) is 0.455. The molecule has 1 fully saturated rings. The lowest BCUT2D eigenvalue weighted by Crippen LogP contribution is -2.41. The molecule has 0 aromatic carbocycles. The standard InChI is InChI=1S/C22H27N5O2/c1-14-25-19(18-6-4-5-11-27(14)18)20-23-12-15(13-24-20)21(28)26-17-9-7-16(8-10-17)22(2,3)29/h4-6,11-13,16-17,29H,7-10H2,1-3H3,(H,26,28). The highest BCUT2D eigenvalue weighted by Gasteiger charge is 2.31. The normalized spacial score (nSPS) is 20.0. The lowest BCUT2D eigenvalue weighted by atomic mass is 9.77. The topological polar surface area (TPSA) is 92.4 Å². The minimum Gasteiger partial charge on any atom is -0.390 e. The van der Waals surface area contributed by atoms with Gasteiger partial charge in [-0.1, -0.05) is 6.07 Å². The van der Waals surface area contributed by atoms with Crippen molar-refractivity contribution in [3.05, 3.63) is 48.2 Å². The SMILES string of the molecule is Cc1nc(-c2ncc(C(=O)NC3CCC(C(C)(C)O)CC3)cn2)c2ccccn12. The molecule has 2 N–H and O–H groups in total. The van der Waals surface area contributed by atoms with Gasteiger partial charge >= 0.3 is 0 Å². The average Bonchev–Trinajstić information content (AvgIpc) is 3.05. The van der Waals surface area contributed by atoms with E-state index in [1.807, 2.05) is 49.6 Å². The van der Waals surface area contributed by atoms with Crippen molar-refractivity contribution >= 4 is 11.4 Å². The van der Waals surface area contributed by atoms with E-state index in [9.17, 15) is 9.90 Å². The fourth-order valence-electron chi connectivity index (χ4n) is 4.14. The second-order valence-corrected chi connectivity index (χ2v) is 8.43. The Morgan fingerprint density at radius 1 is 1.17 bits per heavy atom. The molecule has 1 saturated carbocycles. The molecule has 0 radical (unpaired) electrons. The van der Waals surface area contributed by atoms with Crippen LogP contribution in [-0.2, 0) is 0 Å². The number of nitrogens with zero attached hydrogens (tertiary/aromatic N) is 4. The Bertz CT molecular complexity index is 1010. The first kappa shape index (κ1) is 19.5. The second-order valence-electron chi connectivity index (χ2n) is 8.43. The third-order valence-electron chi connectivity index (χ3n) is 5.91. The highest BCUT2D eigenvalue weighted by Crippen LogP contribution is 2.32. The van der Waals surface area contributed by atoms with Crippen LogP contribution in [-0.4, -0.2) is 42.0 Å². The first-order valence-corrected chi connectivity index (χ1v) is 10.1. The summed E-state index contributed by atoms with van der Waals surface area (Å²) >= 11 is 0. The van der Waals surface area contributed by atoms with Gasteiger partial charge in [0.25, 0.3) is 5.91 Å². The molecule has 0 bridgehead atoms. The van der Waals surface area contributed by atoms with Crippen molar-refractivity contribution in [1.82, 2.24) is 24.7 Å². The molecule has 1 aliphatic carbocycles. The van der Waals surface area contributed by atoms with Gasteiger partial charge in [0.1, 0.15) is 11.5 Å². The number of hydrogen-bond acceptors (Lipinski definition) is 5. The van der Waals surface area contributed by atoms with Gasteiger partial charge in [-0.2, -0.15) is 0 Å². The van der Waals surface area contributed by atoms with E-state index >= 15 is 0 Å². The van der Waals surface area contributed by atoms with E-state index in [0.29, 0.717) is 17.1 Å². The molecule has 7 nitrogen and oxygen atoms in total. The summed E-state index contributed by atoms with van der Waals surface area (Å²) in [5.41, 5.74) is 1.43. The van der Waals surface area contributed by atoms with Crippen molar-refractivity contribution < 1.29 is 9.90 Å². The van der Waals surface area contributed by atoms with E-state index < -0.39 is 5.60 Å². The molecule has 3 aromatic heterocycles. The summed E-state index contributed by atoms with van der Waals surface area (Å²) in [6, 6.07) is 6.01. The van der Waals surface area contributed by atoms with Gasteiger partial charge in [0.15, 0.2) is 5.82 Å². The molecule has 29 heavy (non-hydrogen) atoms. The third-order valence-corrected chi connectivity index (χ3v) is 5.91. The summed E-state index contributed by atoms with van der Waals surface area (Å²) in [6.07, 6.45) is 8.65. The Kier molecular flexibility index (Phi) is 5.08. The smallest absolute Gasteiger partial charge is 0.254 e. The zero-order valence-electron chi connectivity index (χ0n) is 17.1. The van der Waals surface area contributed by atoms with Crippen molar-refractivity contribution in [2.45, 2.75) is 58.1 Å². The maximum Gasteiger partial charge on any atom is 0.254 e.